The summed E-state index contributed by atoms with van der Waals surface area (Å²) in [6.07, 6.45) is 4.46. The first-order valence-electron chi connectivity index (χ1n) is 8.85. The molecule has 1 saturated carbocycles. The van der Waals surface area contributed by atoms with E-state index < -0.39 is 18.2 Å². The lowest BCUT2D eigenvalue weighted by molar-refractivity contribution is -0.148. The van der Waals surface area contributed by atoms with Crippen LogP contribution in [-0.2, 0) is 14.3 Å². The summed E-state index contributed by atoms with van der Waals surface area (Å²) in [6.45, 7) is 4.37. The van der Waals surface area contributed by atoms with Crippen LogP contribution in [0, 0.1) is 5.92 Å². The third kappa shape index (κ3) is 5.46. The lowest BCUT2D eigenvalue weighted by Gasteiger charge is -2.38. The minimum atomic E-state index is -1.03. The monoisotopic (exact) mass is 349 g/mol. The van der Waals surface area contributed by atoms with Crippen LogP contribution in [-0.4, -0.2) is 35.8 Å². The highest BCUT2D eigenvalue weighted by molar-refractivity contribution is 5.97. The summed E-state index contributed by atoms with van der Waals surface area (Å²) in [5.41, 5.74) is -0.114. The molecule has 0 spiro atoms. The number of carbonyl (C=O) groups is 2. The number of benzene rings is 1. The Labute approximate surface area is 148 Å². The Morgan fingerprint density at radius 2 is 2.04 bits per heavy atom. The standard InChI is InChI=1S/C19H27NO5/c1-3-11-25-19(10-4-5-14(2)12-19)18(23)20-15-6-8-16(9-7-15)24-13-17(21)22/h6-9,14H,3-5,10-13H2,1-2H3,(H,20,23)(H,21,22)/t14-,19-/m0/s1. The van der Waals surface area contributed by atoms with Gasteiger partial charge in [-0.2, -0.15) is 0 Å². The average molecular weight is 349 g/mol. The summed E-state index contributed by atoms with van der Waals surface area (Å²) in [5, 5.41) is 11.6. The first-order chi connectivity index (χ1) is 11.9. The third-order valence-corrected chi connectivity index (χ3v) is 4.43. The molecular formula is C19H27NO5. The highest BCUT2D eigenvalue weighted by atomic mass is 16.5. The Balaban J connectivity index is 2.03. The summed E-state index contributed by atoms with van der Waals surface area (Å²) >= 11 is 0. The number of carboxylic acid groups (broad SMARTS) is 1. The predicted molar refractivity (Wildman–Crippen MR) is 94.8 cm³/mol. The fraction of sp³-hybridized carbons (Fsp3) is 0.579. The number of nitrogens with one attached hydrogen (secondary N) is 1. The Morgan fingerprint density at radius 1 is 1.32 bits per heavy atom. The van der Waals surface area contributed by atoms with Gasteiger partial charge in [0.15, 0.2) is 6.61 Å². The number of anilines is 1. The molecule has 0 radical (unpaired) electrons. The molecule has 0 aliphatic heterocycles. The lowest BCUT2D eigenvalue weighted by atomic mass is 9.78. The Hall–Kier alpha value is -2.08. The second-order valence-corrected chi connectivity index (χ2v) is 6.71. The first kappa shape index (κ1) is 19.2. The van der Waals surface area contributed by atoms with E-state index in [1.54, 1.807) is 24.3 Å². The van der Waals surface area contributed by atoms with Gasteiger partial charge in [-0.05, 0) is 55.9 Å². The van der Waals surface area contributed by atoms with Gasteiger partial charge in [0.2, 0.25) is 0 Å². The maximum atomic E-state index is 12.9. The third-order valence-electron chi connectivity index (χ3n) is 4.43. The van der Waals surface area contributed by atoms with Gasteiger partial charge >= 0.3 is 5.97 Å². The van der Waals surface area contributed by atoms with E-state index in [4.69, 9.17) is 14.6 Å². The van der Waals surface area contributed by atoms with Gasteiger partial charge < -0.3 is 19.9 Å². The first-order valence-corrected chi connectivity index (χ1v) is 8.85. The van der Waals surface area contributed by atoms with Crippen LogP contribution in [0.3, 0.4) is 0 Å². The van der Waals surface area contributed by atoms with Crippen molar-refractivity contribution in [1.82, 2.24) is 0 Å². The molecule has 6 nitrogen and oxygen atoms in total. The topological polar surface area (TPSA) is 84.9 Å². The van der Waals surface area contributed by atoms with Gasteiger partial charge in [0, 0.05) is 12.3 Å². The van der Waals surface area contributed by atoms with Gasteiger partial charge in [-0.25, -0.2) is 4.79 Å². The largest absolute Gasteiger partial charge is 0.482 e. The van der Waals surface area contributed by atoms with Crippen LogP contribution in [0.5, 0.6) is 5.75 Å². The molecular weight excluding hydrogens is 322 g/mol. The lowest BCUT2D eigenvalue weighted by Crippen LogP contribution is -2.48. The average Bonchev–Trinajstić information content (AvgIpc) is 2.59. The smallest absolute Gasteiger partial charge is 0.341 e. The van der Waals surface area contributed by atoms with Crippen molar-refractivity contribution in [2.24, 2.45) is 5.92 Å². The van der Waals surface area contributed by atoms with E-state index in [9.17, 15) is 9.59 Å². The molecule has 1 aliphatic carbocycles. The van der Waals surface area contributed by atoms with Crippen LogP contribution in [0.15, 0.2) is 24.3 Å². The molecule has 1 aromatic rings. The Morgan fingerprint density at radius 3 is 2.64 bits per heavy atom. The zero-order valence-corrected chi connectivity index (χ0v) is 14.9. The van der Waals surface area contributed by atoms with Crippen molar-refractivity contribution in [2.45, 2.75) is 51.6 Å². The van der Waals surface area contributed by atoms with Gasteiger partial charge in [-0.1, -0.05) is 20.3 Å². The van der Waals surface area contributed by atoms with Crippen LogP contribution < -0.4 is 10.1 Å². The molecule has 0 bridgehead atoms. The highest BCUT2D eigenvalue weighted by Gasteiger charge is 2.42. The number of carboxylic acids is 1. The molecule has 2 atom stereocenters. The van der Waals surface area contributed by atoms with Crippen molar-refractivity contribution >= 4 is 17.6 Å². The van der Waals surface area contributed by atoms with Gasteiger partial charge in [-0.15, -0.1) is 0 Å². The number of carbonyl (C=O) groups excluding carboxylic acids is 1. The van der Waals surface area contributed by atoms with Crippen molar-refractivity contribution in [1.29, 1.82) is 0 Å². The summed E-state index contributed by atoms with van der Waals surface area (Å²) in [6, 6.07) is 6.69. The van der Waals surface area contributed by atoms with Crippen LogP contribution in [0.4, 0.5) is 5.69 Å². The number of aliphatic carboxylic acids is 1. The minimum Gasteiger partial charge on any atom is -0.482 e. The molecule has 2 N–H and O–H groups in total. The van der Waals surface area contributed by atoms with Crippen molar-refractivity contribution in [2.75, 3.05) is 18.5 Å². The van der Waals surface area contributed by atoms with Crippen molar-refractivity contribution in [3.8, 4) is 5.75 Å². The normalized spacial score (nSPS) is 23.0. The van der Waals surface area contributed by atoms with Crippen molar-refractivity contribution in [3.05, 3.63) is 24.3 Å². The molecule has 1 aromatic carbocycles. The molecule has 1 fully saturated rings. The van der Waals surface area contributed by atoms with Gasteiger partial charge in [0.05, 0.1) is 0 Å². The van der Waals surface area contributed by atoms with Crippen molar-refractivity contribution in [3.63, 3.8) is 0 Å². The predicted octanol–water partition coefficient (Wildman–Crippen LogP) is 3.46. The molecule has 1 aliphatic rings. The van der Waals surface area contributed by atoms with E-state index in [1.165, 1.54) is 0 Å². The van der Waals surface area contributed by atoms with Crippen molar-refractivity contribution < 1.29 is 24.2 Å². The Bertz CT molecular complexity index is 586. The summed E-state index contributed by atoms with van der Waals surface area (Å²) in [7, 11) is 0. The minimum absolute atomic E-state index is 0.105. The van der Waals surface area contributed by atoms with E-state index in [2.05, 4.69) is 12.2 Å². The fourth-order valence-corrected chi connectivity index (χ4v) is 3.23. The second kappa shape index (κ2) is 8.85. The molecule has 6 heteroatoms. The molecule has 0 aromatic heterocycles. The quantitative estimate of drug-likeness (QED) is 0.751. The number of amides is 1. The van der Waals surface area contributed by atoms with Crippen LogP contribution >= 0.6 is 0 Å². The second-order valence-electron chi connectivity index (χ2n) is 6.71. The molecule has 2 rings (SSSR count). The summed E-state index contributed by atoms with van der Waals surface area (Å²) in [5.74, 6) is -0.225. The number of ether oxygens (including phenoxy) is 2. The van der Waals surface area contributed by atoms with Gasteiger partial charge in [-0.3, -0.25) is 4.79 Å². The van der Waals surface area contributed by atoms with Gasteiger partial charge in [0.25, 0.3) is 5.91 Å². The van der Waals surface area contributed by atoms with E-state index >= 15 is 0 Å². The van der Waals surface area contributed by atoms with E-state index in [1.807, 2.05) is 6.92 Å². The molecule has 0 unspecified atom stereocenters. The van der Waals surface area contributed by atoms with E-state index in [0.717, 1.165) is 32.1 Å². The molecule has 138 valence electrons. The molecule has 0 saturated heterocycles. The van der Waals surface area contributed by atoms with Crippen LogP contribution in [0.2, 0.25) is 0 Å². The summed E-state index contributed by atoms with van der Waals surface area (Å²) in [4.78, 5) is 23.4. The zero-order valence-electron chi connectivity index (χ0n) is 14.9. The number of hydrogen-bond donors (Lipinski definition) is 2. The molecule has 1 amide bonds. The molecule has 0 heterocycles. The van der Waals surface area contributed by atoms with E-state index in [-0.39, 0.29) is 5.91 Å². The number of hydrogen-bond acceptors (Lipinski definition) is 4. The SMILES string of the molecule is CCCO[C@@]1(C(=O)Nc2ccc(OCC(=O)O)cc2)CCC[C@H](C)C1. The number of rotatable bonds is 8. The van der Waals surface area contributed by atoms with Gasteiger partial charge in [0.1, 0.15) is 11.4 Å². The maximum absolute atomic E-state index is 12.9. The van der Waals surface area contributed by atoms with Crippen LogP contribution in [0.25, 0.3) is 0 Å². The maximum Gasteiger partial charge on any atom is 0.341 e. The fourth-order valence-electron chi connectivity index (χ4n) is 3.23. The van der Waals surface area contributed by atoms with E-state index in [0.29, 0.717) is 24.0 Å². The highest BCUT2D eigenvalue weighted by Crippen LogP contribution is 2.36. The molecule has 25 heavy (non-hydrogen) atoms. The zero-order chi connectivity index (χ0) is 18.3. The summed E-state index contributed by atoms with van der Waals surface area (Å²) < 4.78 is 11.1. The Kier molecular flexibility index (Phi) is 6.82. The van der Waals surface area contributed by atoms with Crippen LogP contribution in [0.1, 0.15) is 46.0 Å².